The molecule has 0 saturated heterocycles. The zero-order chi connectivity index (χ0) is 19.3. The van der Waals surface area contributed by atoms with Crippen molar-refractivity contribution < 1.29 is 19.7 Å². The molecule has 4 nitrogen and oxygen atoms in total. The molecule has 0 aliphatic heterocycles. The van der Waals surface area contributed by atoms with Gasteiger partial charge in [-0.25, -0.2) is 0 Å². The molecule has 0 heterocycles. The van der Waals surface area contributed by atoms with E-state index in [-0.39, 0.29) is 11.5 Å². The average molecular weight is 370 g/mol. The highest BCUT2D eigenvalue weighted by Crippen LogP contribution is 2.40. The van der Waals surface area contributed by atoms with Gasteiger partial charge in [0.2, 0.25) is 0 Å². The number of aromatic hydroxyl groups is 2. The molecule has 0 fully saturated rings. The Morgan fingerprint density at radius 2 is 0.893 bits per heavy atom. The van der Waals surface area contributed by atoms with E-state index in [0.717, 1.165) is 11.1 Å². The van der Waals surface area contributed by atoms with Gasteiger partial charge in [-0.2, -0.15) is 0 Å². The fraction of sp³-hybridized carbons (Fsp3) is 0. The predicted molar refractivity (Wildman–Crippen MR) is 108 cm³/mol. The Labute approximate surface area is 162 Å². The van der Waals surface area contributed by atoms with Gasteiger partial charge in [0.05, 0.1) is 0 Å². The summed E-state index contributed by atoms with van der Waals surface area (Å²) in [5.41, 5.74) is 1.70. The van der Waals surface area contributed by atoms with Crippen LogP contribution in [0.3, 0.4) is 0 Å². The van der Waals surface area contributed by atoms with Crippen LogP contribution in [0, 0.1) is 0 Å². The Morgan fingerprint density at radius 3 is 1.32 bits per heavy atom. The lowest BCUT2D eigenvalue weighted by Crippen LogP contribution is -1.91. The minimum atomic E-state index is 0.141. The van der Waals surface area contributed by atoms with Gasteiger partial charge in [-0.3, -0.25) is 0 Å². The molecule has 4 aromatic carbocycles. The third kappa shape index (κ3) is 3.91. The average Bonchev–Trinajstić information content (AvgIpc) is 2.69. The van der Waals surface area contributed by atoms with E-state index in [0.29, 0.717) is 23.0 Å². The van der Waals surface area contributed by atoms with Crippen LogP contribution in [0.2, 0.25) is 0 Å². The fourth-order valence-corrected chi connectivity index (χ4v) is 2.90. The van der Waals surface area contributed by atoms with E-state index in [2.05, 4.69) is 0 Å². The summed E-state index contributed by atoms with van der Waals surface area (Å²) < 4.78 is 12.0. The predicted octanol–water partition coefficient (Wildman–Crippen LogP) is 6.35. The number of phenolic OH excluding ortho intramolecular Hbond substituents is 2. The highest BCUT2D eigenvalue weighted by Gasteiger charge is 2.13. The Hall–Kier alpha value is -3.92. The van der Waals surface area contributed by atoms with E-state index in [9.17, 15) is 10.2 Å². The summed E-state index contributed by atoms with van der Waals surface area (Å²) in [4.78, 5) is 0. The minimum absolute atomic E-state index is 0.141. The zero-order valence-corrected chi connectivity index (χ0v) is 14.9. The Balaban J connectivity index is 1.72. The maximum atomic E-state index is 9.69. The molecule has 0 aliphatic carbocycles. The van der Waals surface area contributed by atoms with Gasteiger partial charge in [-0.15, -0.1) is 0 Å². The monoisotopic (exact) mass is 370 g/mol. The molecule has 0 atom stereocenters. The normalized spacial score (nSPS) is 10.4. The van der Waals surface area contributed by atoms with E-state index in [1.165, 1.54) is 0 Å². The molecule has 0 aromatic heterocycles. The molecule has 0 unspecified atom stereocenters. The first-order valence-electron chi connectivity index (χ1n) is 8.81. The van der Waals surface area contributed by atoms with Crippen LogP contribution in [-0.2, 0) is 0 Å². The largest absolute Gasteiger partial charge is 0.508 e. The van der Waals surface area contributed by atoms with Crippen LogP contribution in [0.25, 0.3) is 11.1 Å². The Morgan fingerprint density at radius 1 is 0.464 bits per heavy atom. The molecule has 4 heteroatoms. The van der Waals surface area contributed by atoms with Gasteiger partial charge in [-0.1, -0.05) is 48.5 Å². The van der Waals surface area contributed by atoms with Crippen molar-refractivity contribution in [3.05, 3.63) is 97.1 Å². The second-order valence-corrected chi connectivity index (χ2v) is 6.19. The van der Waals surface area contributed by atoms with Crippen molar-refractivity contribution in [1.82, 2.24) is 0 Å². The zero-order valence-electron chi connectivity index (χ0n) is 14.9. The summed E-state index contributed by atoms with van der Waals surface area (Å²) in [6.45, 7) is 0. The maximum Gasteiger partial charge on any atom is 0.135 e. The van der Waals surface area contributed by atoms with Gasteiger partial charge in [0, 0.05) is 23.3 Å². The van der Waals surface area contributed by atoms with E-state index < -0.39 is 0 Å². The van der Waals surface area contributed by atoms with E-state index >= 15 is 0 Å². The van der Waals surface area contributed by atoms with Crippen LogP contribution < -0.4 is 9.47 Å². The summed E-state index contributed by atoms with van der Waals surface area (Å²) in [5, 5.41) is 19.4. The molecule has 2 N–H and O–H groups in total. The molecular weight excluding hydrogens is 352 g/mol. The molecule has 0 amide bonds. The van der Waals surface area contributed by atoms with Gasteiger partial charge in [0.1, 0.15) is 34.5 Å². The second kappa shape index (κ2) is 7.76. The summed E-state index contributed by atoms with van der Waals surface area (Å²) in [5.74, 6) is 2.64. The summed E-state index contributed by atoms with van der Waals surface area (Å²) in [6.07, 6.45) is 0. The standard InChI is InChI=1S/C24H18O4/c25-17-7-5-9-19(15-17)27-23-13-3-1-11-21(23)22-12-2-4-14-24(22)28-20-10-6-8-18(26)16-20/h1-16,25-26H. The molecule has 0 saturated carbocycles. The van der Waals surface area contributed by atoms with Crippen molar-refractivity contribution in [3.63, 3.8) is 0 Å². The van der Waals surface area contributed by atoms with Gasteiger partial charge in [-0.05, 0) is 36.4 Å². The van der Waals surface area contributed by atoms with Crippen LogP contribution in [0.1, 0.15) is 0 Å². The molecule has 28 heavy (non-hydrogen) atoms. The first-order valence-corrected chi connectivity index (χ1v) is 8.81. The first kappa shape index (κ1) is 17.5. The van der Waals surface area contributed by atoms with Gasteiger partial charge in [0.15, 0.2) is 0 Å². The number of rotatable bonds is 5. The van der Waals surface area contributed by atoms with Gasteiger partial charge in [0.25, 0.3) is 0 Å². The Bertz CT molecular complexity index is 1020. The smallest absolute Gasteiger partial charge is 0.135 e. The van der Waals surface area contributed by atoms with Crippen LogP contribution in [0.15, 0.2) is 97.1 Å². The van der Waals surface area contributed by atoms with Crippen molar-refractivity contribution in [2.24, 2.45) is 0 Å². The number of hydrogen-bond acceptors (Lipinski definition) is 4. The molecule has 0 aliphatic rings. The van der Waals surface area contributed by atoms with Crippen molar-refractivity contribution >= 4 is 0 Å². The van der Waals surface area contributed by atoms with Crippen molar-refractivity contribution in [3.8, 4) is 45.6 Å². The lowest BCUT2D eigenvalue weighted by Gasteiger charge is -2.15. The highest BCUT2D eigenvalue weighted by atomic mass is 16.5. The summed E-state index contributed by atoms with van der Waals surface area (Å²) in [7, 11) is 0. The Kier molecular flexibility index (Phi) is 4.85. The maximum absolute atomic E-state index is 9.69. The molecule has 4 rings (SSSR count). The summed E-state index contributed by atoms with van der Waals surface area (Å²) >= 11 is 0. The third-order valence-electron chi connectivity index (χ3n) is 4.16. The quantitative estimate of drug-likeness (QED) is 0.430. The molecular formula is C24H18O4. The summed E-state index contributed by atoms with van der Waals surface area (Å²) in [6, 6.07) is 28.6. The highest BCUT2D eigenvalue weighted by molar-refractivity contribution is 5.76. The van der Waals surface area contributed by atoms with Crippen LogP contribution in [0.5, 0.6) is 34.5 Å². The second-order valence-electron chi connectivity index (χ2n) is 6.19. The van der Waals surface area contributed by atoms with E-state index in [1.807, 2.05) is 48.5 Å². The molecule has 138 valence electrons. The van der Waals surface area contributed by atoms with E-state index in [1.54, 1.807) is 48.5 Å². The number of hydrogen-bond donors (Lipinski definition) is 2. The van der Waals surface area contributed by atoms with Crippen LogP contribution >= 0.6 is 0 Å². The van der Waals surface area contributed by atoms with Crippen molar-refractivity contribution in [1.29, 1.82) is 0 Å². The first-order chi connectivity index (χ1) is 13.7. The van der Waals surface area contributed by atoms with Gasteiger partial charge >= 0.3 is 0 Å². The number of ether oxygens (including phenoxy) is 2. The van der Waals surface area contributed by atoms with Crippen molar-refractivity contribution in [2.45, 2.75) is 0 Å². The lowest BCUT2D eigenvalue weighted by atomic mass is 10.0. The topological polar surface area (TPSA) is 58.9 Å². The lowest BCUT2D eigenvalue weighted by molar-refractivity contribution is 0.452. The van der Waals surface area contributed by atoms with Crippen molar-refractivity contribution in [2.75, 3.05) is 0 Å². The third-order valence-corrected chi connectivity index (χ3v) is 4.16. The van der Waals surface area contributed by atoms with E-state index in [4.69, 9.17) is 9.47 Å². The molecule has 0 spiro atoms. The molecule has 4 aromatic rings. The number of benzene rings is 4. The van der Waals surface area contributed by atoms with Crippen LogP contribution in [-0.4, -0.2) is 10.2 Å². The number of phenols is 2. The molecule has 0 bridgehead atoms. The van der Waals surface area contributed by atoms with Gasteiger partial charge < -0.3 is 19.7 Å². The fourth-order valence-electron chi connectivity index (χ4n) is 2.90. The number of para-hydroxylation sites is 2. The molecule has 0 radical (unpaired) electrons. The minimum Gasteiger partial charge on any atom is -0.508 e. The SMILES string of the molecule is Oc1cccc(Oc2ccccc2-c2ccccc2Oc2cccc(O)c2)c1. The van der Waals surface area contributed by atoms with Crippen LogP contribution in [0.4, 0.5) is 0 Å².